The molecule has 2 aromatic rings. The van der Waals surface area contributed by atoms with Gasteiger partial charge in [0, 0.05) is 16.3 Å². The number of aryl methyl sites for hydroxylation is 3. The second-order valence-electron chi connectivity index (χ2n) is 3.77. The zero-order valence-electron chi connectivity index (χ0n) is 9.06. The van der Waals surface area contributed by atoms with Crippen LogP contribution < -0.4 is 0 Å². The van der Waals surface area contributed by atoms with Crippen LogP contribution >= 0.6 is 11.6 Å². The van der Waals surface area contributed by atoms with Gasteiger partial charge in [-0.1, -0.05) is 17.7 Å². The highest BCUT2D eigenvalue weighted by Gasteiger charge is 2.11. The molecule has 0 radical (unpaired) electrons. The molecule has 15 heavy (non-hydrogen) atoms. The monoisotopic (exact) mass is 220 g/mol. The third-order valence-corrected chi connectivity index (χ3v) is 2.83. The molecule has 0 fully saturated rings. The Labute approximate surface area is 94.3 Å². The van der Waals surface area contributed by atoms with Crippen molar-refractivity contribution in [3.8, 4) is 11.1 Å². The minimum absolute atomic E-state index is 0.760. The summed E-state index contributed by atoms with van der Waals surface area (Å²) in [4.78, 5) is 0. The Hall–Kier alpha value is -1.28. The number of rotatable bonds is 1. The lowest BCUT2D eigenvalue weighted by Gasteiger charge is -2.06. The van der Waals surface area contributed by atoms with Gasteiger partial charge in [0.2, 0.25) is 0 Å². The molecule has 1 aromatic carbocycles. The summed E-state index contributed by atoms with van der Waals surface area (Å²) in [5.74, 6) is 0. The van der Waals surface area contributed by atoms with Gasteiger partial charge >= 0.3 is 0 Å². The molecule has 0 saturated heterocycles. The summed E-state index contributed by atoms with van der Waals surface area (Å²) in [6, 6.07) is 5.93. The molecule has 2 nitrogen and oxygen atoms in total. The Kier molecular flexibility index (Phi) is 2.53. The van der Waals surface area contributed by atoms with Crippen molar-refractivity contribution in [1.82, 2.24) is 10.2 Å². The lowest BCUT2D eigenvalue weighted by atomic mass is 9.99. The molecule has 0 bridgehead atoms. The summed E-state index contributed by atoms with van der Waals surface area (Å²) in [6.45, 7) is 6.10. The zero-order chi connectivity index (χ0) is 11.0. The molecule has 1 heterocycles. The van der Waals surface area contributed by atoms with E-state index in [2.05, 4.69) is 17.1 Å². The smallest absolute Gasteiger partial charge is 0.0672 e. The fraction of sp³-hybridized carbons (Fsp3) is 0.250. The number of hydrogen-bond donors (Lipinski definition) is 1. The predicted molar refractivity (Wildman–Crippen MR) is 63.2 cm³/mol. The van der Waals surface area contributed by atoms with Crippen LogP contribution in [0.4, 0.5) is 0 Å². The average Bonchev–Trinajstić information content (AvgIpc) is 2.51. The van der Waals surface area contributed by atoms with E-state index >= 15 is 0 Å². The van der Waals surface area contributed by atoms with E-state index in [0.717, 1.165) is 27.5 Å². The third kappa shape index (κ3) is 1.77. The van der Waals surface area contributed by atoms with Gasteiger partial charge in [-0.2, -0.15) is 5.10 Å². The molecule has 1 N–H and O–H groups in total. The van der Waals surface area contributed by atoms with Crippen LogP contribution in [0, 0.1) is 20.8 Å². The van der Waals surface area contributed by atoms with Gasteiger partial charge in [0.05, 0.1) is 5.69 Å². The molecule has 0 unspecified atom stereocenters. The van der Waals surface area contributed by atoms with Gasteiger partial charge in [0.1, 0.15) is 0 Å². The second kappa shape index (κ2) is 3.70. The van der Waals surface area contributed by atoms with Gasteiger partial charge in [-0.25, -0.2) is 0 Å². The zero-order valence-corrected chi connectivity index (χ0v) is 9.81. The first-order valence-corrected chi connectivity index (χ1v) is 5.25. The highest BCUT2D eigenvalue weighted by atomic mass is 35.5. The molecular weight excluding hydrogens is 208 g/mol. The number of nitrogens with zero attached hydrogens (tertiary/aromatic N) is 1. The van der Waals surface area contributed by atoms with Gasteiger partial charge < -0.3 is 0 Å². The van der Waals surface area contributed by atoms with E-state index in [4.69, 9.17) is 11.6 Å². The van der Waals surface area contributed by atoms with Gasteiger partial charge in [-0.3, -0.25) is 5.10 Å². The summed E-state index contributed by atoms with van der Waals surface area (Å²) in [7, 11) is 0. The van der Waals surface area contributed by atoms with Crippen molar-refractivity contribution < 1.29 is 0 Å². The Morgan fingerprint density at radius 2 is 1.93 bits per heavy atom. The normalized spacial score (nSPS) is 10.7. The van der Waals surface area contributed by atoms with Crippen molar-refractivity contribution in [3.63, 3.8) is 0 Å². The summed E-state index contributed by atoms with van der Waals surface area (Å²) in [5, 5.41) is 7.94. The molecule has 0 atom stereocenters. The van der Waals surface area contributed by atoms with Crippen LogP contribution in [0.3, 0.4) is 0 Å². The Bertz CT molecular complexity index is 481. The van der Waals surface area contributed by atoms with E-state index in [1.54, 1.807) is 0 Å². The standard InChI is InChI=1S/C12H13ClN2/c1-7-4-5-10(13)6-11(7)12-8(2)14-15-9(12)3/h4-6H,1-3H3,(H,14,15). The molecule has 3 heteroatoms. The largest absolute Gasteiger partial charge is 0.282 e. The van der Waals surface area contributed by atoms with Gasteiger partial charge in [-0.05, 0) is 44.0 Å². The fourth-order valence-electron chi connectivity index (χ4n) is 1.81. The third-order valence-electron chi connectivity index (χ3n) is 2.60. The summed E-state index contributed by atoms with van der Waals surface area (Å²) < 4.78 is 0. The fourth-order valence-corrected chi connectivity index (χ4v) is 1.98. The number of aromatic amines is 1. The Balaban J connectivity index is 2.68. The van der Waals surface area contributed by atoms with Gasteiger partial charge in [0.25, 0.3) is 0 Å². The van der Waals surface area contributed by atoms with E-state index in [1.807, 2.05) is 32.0 Å². The van der Waals surface area contributed by atoms with Crippen LogP contribution in [0.25, 0.3) is 11.1 Å². The minimum Gasteiger partial charge on any atom is -0.282 e. The first-order chi connectivity index (χ1) is 7.09. The number of benzene rings is 1. The molecule has 0 spiro atoms. The molecule has 2 rings (SSSR count). The van der Waals surface area contributed by atoms with Crippen LogP contribution in [0.2, 0.25) is 5.02 Å². The first-order valence-electron chi connectivity index (χ1n) is 4.87. The molecular formula is C12H13ClN2. The number of halogens is 1. The van der Waals surface area contributed by atoms with Crippen molar-refractivity contribution in [2.45, 2.75) is 20.8 Å². The van der Waals surface area contributed by atoms with Crippen LogP contribution in [0.5, 0.6) is 0 Å². The van der Waals surface area contributed by atoms with E-state index in [9.17, 15) is 0 Å². The Morgan fingerprint density at radius 3 is 2.53 bits per heavy atom. The van der Waals surface area contributed by atoms with Crippen molar-refractivity contribution in [2.24, 2.45) is 0 Å². The number of hydrogen-bond acceptors (Lipinski definition) is 1. The van der Waals surface area contributed by atoms with Crippen LogP contribution in [-0.2, 0) is 0 Å². The molecule has 0 aliphatic carbocycles. The highest BCUT2D eigenvalue weighted by Crippen LogP contribution is 2.30. The maximum Gasteiger partial charge on any atom is 0.0672 e. The maximum atomic E-state index is 6.01. The first kappa shape index (κ1) is 10.2. The lowest BCUT2D eigenvalue weighted by molar-refractivity contribution is 1.02. The predicted octanol–water partition coefficient (Wildman–Crippen LogP) is 3.66. The van der Waals surface area contributed by atoms with Crippen LogP contribution in [-0.4, -0.2) is 10.2 Å². The SMILES string of the molecule is Cc1ccc(Cl)cc1-c1c(C)n[nH]c1C. The highest BCUT2D eigenvalue weighted by molar-refractivity contribution is 6.30. The quantitative estimate of drug-likeness (QED) is 0.781. The molecule has 0 amide bonds. The summed E-state index contributed by atoms with van der Waals surface area (Å²) in [5.41, 5.74) is 5.63. The molecule has 0 saturated carbocycles. The van der Waals surface area contributed by atoms with E-state index in [1.165, 1.54) is 5.56 Å². The van der Waals surface area contributed by atoms with E-state index in [-0.39, 0.29) is 0 Å². The van der Waals surface area contributed by atoms with Crippen molar-refractivity contribution in [1.29, 1.82) is 0 Å². The van der Waals surface area contributed by atoms with E-state index in [0.29, 0.717) is 0 Å². The van der Waals surface area contributed by atoms with Gasteiger partial charge in [-0.15, -0.1) is 0 Å². The summed E-state index contributed by atoms with van der Waals surface area (Å²) >= 11 is 6.01. The average molecular weight is 221 g/mol. The van der Waals surface area contributed by atoms with E-state index < -0.39 is 0 Å². The number of nitrogens with one attached hydrogen (secondary N) is 1. The van der Waals surface area contributed by atoms with Crippen LogP contribution in [0.15, 0.2) is 18.2 Å². The molecule has 0 aliphatic rings. The molecule has 78 valence electrons. The maximum absolute atomic E-state index is 6.01. The number of H-pyrrole nitrogens is 1. The number of aromatic nitrogens is 2. The Morgan fingerprint density at radius 1 is 1.20 bits per heavy atom. The summed E-state index contributed by atoms with van der Waals surface area (Å²) in [6.07, 6.45) is 0. The second-order valence-corrected chi connectivity index (χ2v) is 4.20. The van der Waals surface area contributed by atoms with Crippen molar-refractivity contribution >= 4 is 11.6 Å². The lowest BCUT2D eigenvalue weighted by Crippen LogP contribution is -1.86. The topological polar surface area (TPSA) is 28.7 Å². The van der Waals surface area contributed by atoms with Crippen molar-refractivity contribution in [3.05, 3.63) is 40.2 Å². The molecule has 0 aliphatic heterocycles. The van der Waals surface area contributed by atoms with Crippen molar-refractivity contribution in [2.75, 3.05) is 0 Å². The van der Waals surface area contributed by atoms with Crippen LogP contribution in [0.1, 0.15) is 17.0 Å². The van der Waals surface area contributed by atoms with Gasteiger partial charge in [0.15, 0.2) is 0 Å². The molecule has 1 aromatic heterocycles. The minimum atomic E-state index is 0.760.